The van der Waals surface area contributed by atoms with Crippen LogP contribution in [-0.4, -0.2) is 17.2 Å². The smallest absolute Gasteiger partial charge is 0.0664 e. The lowest BCUT2D eigenvalue weighted by Crippen LogP contribution is -2.35. The molecule has 0 spiro atoms. The predicted octanol–water partition coefficient (Wildman–Crippen LogP) is 3.52. The Balaban J connectivity index is 1.95. The summed E-state index contributed by atoms with van der Waals surface area (Å²) in [5.74, 6) is 0. The van der Waals surface area contributed by atoms with Crippen LogP contribution in [0.5, 0.6) is 0 Å². The van der Waals surface area contributed by atoms with Crippen molar-refractivity contribution in [3.8, 4) is 0 Å². The molecule has 1 fully saturated rings. The molecule has 2 aromatic rings. The number of fused-ring (bicyclic) bond motifs is 1. The summed E-state index contributed by atoms with van der Waals surface area (Å²) in [5.41, 5.74) is 2.60. The lowest BCUT2D eigenvalue weighted by atomic mass is 9.96. The number of halogens is 1. The molecule has 0 radical (unpaired) electrons. The van der Waals surface area contributed by atoms with Crippen LogP contribution >= 0.6 is 11.6 Å². The van der Waals surface area contributed by atoms with Gasteiger partial charge in [-0.25, -0.2) is 0 Å². The van der Waals surface area contributed by atoms with Crippen molar-refractivity contribution in [2.75, 3.05) is 6.54 Å². The second-order valence-electron chi connectivity index (χ2n) is 5.25. The molecule has 3 heteroatoms. The second-order valence-corrected chi connectivity index (χ2v) is 5.66. The van der Waals surface area contributed by atoms with Gasteiger partial charge in [-0.2, -0.15) is 0 Å². The molecule has 3 rings (SSSR count). The maximum Gasteiger partial charge on any atom is 0.0664 e. The van der Waals surface area contributed by atoms with Gasteiger partial charge < -0.3 is 9.88 Å². The van der Waals surface area contributed by atoms with Crippen molar-refractivity contribution in [2.45, 2.75) is 31.7 Å². The van der Waals surface area contributed by atoms with Gasteiger partial charge >= 0.3 is 0 Å². The van der Waals surface area contributed by atoms with Crippen molar-refractivity contribution in [3.63, 3.8) is 0 Å². The molecule has 2 nitrogen and oxygen atoms in total. The summed E-state index contributed by atoms with van der Waals surface area (Å²) in [6, 6.07) is 7.10. The zero-order valence-electron chi connectivity index (χ0n) is 10.7. The Kier molecular flexibility index (Phi) is 3.31. The molecule has 1 aliphatic rings. The van der Waals surface area contributed by atoms with E-state index in [-0.39, 0.29) is 0 Å². The third-order valence-electron chi connectivity index (χ3n) is 3.93. The maximum atomic E-state index is 6.36. The van der Waals surface area contributed by atoms with Crippen molar-refractivity contribution in [2.24, 2.45) is 7.05 Å². The third-order valence-corrected chi connectivity index (χ3v) is 4.22. The topological polar surface area (TPSA) is 17.0 Å². The van der Waals surface area contributed by atoms with Crippen molar-refractivity contribution in [1.29, 1.82) is 0 Å². The lowest BCUT2D eigenvalue weighted by Gasteiger charge is -2.23. The van der Waals surface area contributed by atoms with Crippen LogP contribution in [0.3, 0.4) is 0 Å². The number of piperidine rings is 1. The van der Waals surface area contributed by atoms with Gasteiger partial charge in [0.25, 0.3) is 0 Å². The highest BCUT2D eigenvalue weighted by Crippen LogP contribution is 2.29. The van der Waals surface area contributed by atoms with Gasteiger partial charge in [-0.15, -0.1) is 0 Å². The van der Waals surface area contributed by atoms with E-state index in [1.54, 1.807) is 0 Å². The quantitative estimate of drug-likeness (QED) is 0.876. The van der Waals surface area contributed by atoms with Crippen molar-refractivity contribution >= 4 is 22.5 Å². The lowest BCUT2D eigenvalue weighted by molar-refractivity contribution is 0.400. The molecule has 0 amide bonds. The van der Waals surface area contributed by atoms with E-state index in [9.17, 15) is 0 Å². The summed E-state index contributed by atoms with van der Waals surface area (Å²) in [6.45, 7) is 1.16. The molecule has 1 unspecified atom stereocenters. The standard InChI is InChI=1S/C15H19ClN2/c1-18-10-13(16)15-11(5-4-7-14(15)18)9-12-6-2-3-8-17-12/h4-5,7,10,12,17H,2-3,6,8-9H2,1H3. The molecule has 0 bridgehead atoms. The summed E-state index contributed by atoms with van der Waals surface area (Å²) in [5, 5.41) is 5.71. The van der Waals surface area contributed by atoms with Crippen LogP contribution in [0.2, 0.25) is 5.02 Å². The van der Waals surface area contributed by atoms with Gasteiger partial charge in [-0.05, 0) is 37.4 Å². The Morgan fingerprint density at radius 1 is 1.39 bits per heavy atom. The van der Waals surface area contributed by atoms with E-state index in [4.69, 9.17) is 11.6 Å². The van der Waals surface area contributed by atoms with E-state index in [1.807, 2.05) is 6.20 Å². The molecule has 2 heterocycles. The molecular weight excluding hydrogens is 244 g/mol. The first-order chi connectivity index (χ1) is 8.75. The van der Waals surface area contributed by atoms with E-state index in [0.29, 0.717) is 6.04 Å². The average molecular weight is 263 g/mol. The molecular formula is C15H19ClN2. The molecule has 1 aliphatic heterocycles. The third kappa shape index (κ3) is 2.15. The van der Waals surface area contributed by atoms with Gasteiger partial charge in [-0.3, -0.25) is 0 Å². The van der Waals surface area contributed by atoms with Crippen LogP contribution in [0.15, 0.2) is 24.4 Å². The first-order valence-electron chi connectivity index (χ1n) is 6.71. The summed E-state index contributed by atoms with van der Waals surface area (Å²) in [6.07, 6.45) is 7.02. The van der Waals surface area contributed by atoms with Crippen molar-refractivity contribution in [1.82, 2.24) is 9.88 Å². The average Bonchev–Trinajstić information content (AvgIpc) is 2.67. The minimum absolute atomic E-state index is 0.612. The summed E-state index contributed by atoms with van der Waals surface area (Å²) in [4.78, 5) is 0. The van der Waals surface area contributed by atoms with Gasteiger partial charge in [0.15, 0.2) is 0 Å². The van der Waals surface area contributed by atoms with Gasteiger partial charge in [0.2, 0.25) is 0 Å². The predicted molar refractivity (Wildman–Crippen MR) is 77.3 cm³/mol. The van der Waals surface area contributed by atoms with Crippen LogP contribution in [0.4, 0.5) is 0 Å². The Morgan fingerprint density at radius 2 is 2.28 bits per heavy atom. The van der Waals surface area contributed by atoms with Gasteiger partial charge in [0.1, 0.15) is 0 Å². The van der Waals surface area contributed by atoms with Crippen LogP contribution in [0.25, 0.3) is 10.9 Å². The molecule has 0 saturated carbocycles. The molecule has 96 valence electrons. The van der Waals surface area contributed by atoms with Crippen molar-refractivity contribution in [3.05, 3.63) is 35.0 Å². The van der Waals surface area contributed by atoms with Crippen LogP contribution in [0.1, 0.15) is 24.8 Å². The highest BCUT2D eigenvalue weighted by molar-refractivity contribution is 6.35. The van der Waals surface area contributed by atoms with E-state index >= 15 is 0 Å². The fourth-order valence-electron chi connectivity index (χ4n) is 2.99. The number of rotatable bonds is 2. The largest absolute Gasteiger partial charge is 0.349 e. The fraction of sp³-hybridized carbons (Fsp3) is 0.467. The van der Waals surface area contributed by atoms with Crippen LogP contribution < -0.4 is 5.32 Å². The van der Waals surface area contributed by atoms with Gasteiger partial charge in [0, 0.05) is 30.2 Å². The number of benzene rings is 1. The fourth-order valence-corrected chi connectivity index (χ4v) is 3.36. The summed E-state index contributed by atoms with van der Waals surface area (Å²) in [7, 11) is 2.05. The molecule has 0 aliphatic carbocycles. The van der Waals surface area contributed by atoms with Crippen LogP contribution in [0, 0.1) is 0 Å². The van der Waals surface area contributed by atoms with E-state index < -0.39 is 0 Å². The zero-order valence-corrected chi connectivity index (χ0v) is 11.5. The first-order valence-corrected chi connectivity index (χ1v) is 7.09. The summed E-state index contributed by atoms with van der Waals surface area (Å²) >= 11 is 6.36. The molecule has 1 aromatic carbocycles. The Morgan fingerprint density at radius 3 is 3.06 bits per heavy atom. The number of aryl methyl sites for hydroxylation is 1. The summed E-state index contributed by atoms with van der Waals surface area (Å²) < 4.78 is 2.11. The highest BCUT2D eigenvalue weighted by atomic mass is 35.5. The number of aromatic nitrogens is 1. The van der Waals surface area contributed by atoms with Gasteiger partial charge in [-0.1, -0.05) is 30.2 Å². The molecule has 1 aromatic heterocycles. The Labute approximate surface area is 113 Å². The molecule has 1 N–H and O–H groups in total. The number of hydrogen-bond donors (Lipinski definition) is 1. The maximum absolute atomic E-state index is 6.36. The minimum atomic E-state index is 0.612. The van der Waals surface area contributed by atoms with E-state index in [0.717, 1.165) is 18.0 Å². The van der Waals surface area contributed by atoms with Crippen LogP contribution in [-0.2, 0) is 13.5 Å². The Hall–Kier alpha value is -0.990. The Bertz CT molecular complexity index is 553. The number of nitrogens with zero attached hydrogens (tertiary/aromatic N) is 1. The van der Waals surface area contributed by atoms with E-state index in [2.05, 4.69) is 35.1 Å². The normalized spacial score (nSPS) is 20.4. The monoisotopic (exact) mass is 262 g/mol. The highest BCUT2D eigenvalue weighted by Gasteiger charge is 2.16. The van der Waals surface area contributed by atoms with Gasteiger partial charge in [0.05, 0.1) is 5.02 Å². The number of nitrogens with one attached hydrogen (secondary N) is 1. The van der Waals surface area contributed by atoms with E-state index in [1.165, 1.54) is 35.7 Å². The zero-order chi connectivity index (χ0) is 12.5. The number of hydrogen-bond acceptors (Lipinski definition) is 1. The molecule has 1 saturated heterocycles. The van der Waals surface area contributed by atoms with Crippen molar-refractivity contribution < 1.29 is 0 Å². The first kappa shape index (κ1) is 12.1. The second kappa shape index (κ2) is 4.94. The minimum Gasteiger partial charge on any atom is -0.349 e. The molecule has 1 atom stereocenters. The molecule has 18 heavy (non-hydrogen) atoms. The SMILES string of the molecule is Cn1cc(Cl)c2c(CC3CCCCN3)cccc21.